The standard InChI is InChI=1S/C11H20N2O2/c1-2-10(8-14)13-11(15)12-7-9-5-3-4-6-9/h7,10,14H,2-6,8H2,1H3,(H2,12,13,15). The Morgan fingerprint density at radius 1 is 1.53 bits per heavy atom. The van der Waals surface area contributed by atoms with Crippen molar-refractivity contribution in [2.75, 3.05) is 6.61 Å². The van der Waals surface area contributed by atoms with Gasteiger partial charge in [0.1, 0.15) is 0 Å². The van der Waals surface area contributed by atoms with Crippen LogP contribution in [0.2, 0.25) is 0 Å². The molecule has 1 aliphatic carbocycles. The molecule has 86 valence electrons. The van der Waals surface area contributed by atoms with Gasteiger partial charge in [-0.15, -0.1) is 0 Å². The number of allylic oxidation sites excluding steroid dienone is 1. The lowest BCUT2D eigenvalue weighted by atomic mass is 10.2. The molecule has 1 fully saturated rings. The molecule has 0 aliphatic heterocycles. The highest BCUT2D eigenvalue weighted by Crippen LogP contribution is 2.22. The van der Waals surface area contributed by atoms with E-state index in [-0.39, 0.29) is 18.7 Å². The molecule has 0 aromatic carbocycles. The van der Waals surface area contributed by atoms with Crippen LogP contribution in [0.3, 0.4) is 0 Å². The fourth-order valence-electron chi connectivity index (χ4n) is 1.64. The normalized spacial score (nSPS) is 17.3. The summed E-state index contributed by atoms with van der Waals surface area (Å²) in [6.07, 6.45) is 7.18. The molecule has 0 bridgehead atoms. The third-order valence-electron chi connectivity index (χ3n) is 2.70. The van der Waals surface area contributed by atoms with E-state index >= 15 is 0 Å². The molecule has 0 radical (unpaired) electrons. The van der Waals surface area contributed by atoms with Crippen molar-refractivity contribution in [3.63, 3.8) is 0 Å². The van der Waals surface area contributed by atoms with E-state index in [1.807, 2.05) is 6.92 Å². The highest BCUT2D eigenvalue weighted by molar-refractivity contribution is 5.75. The van der Waals surface area contributed by atoms with Crippen molar-refractivity contribution in [2.45, 2.75) is 45.1 Å². The zero-order valence-corrected chi connectivity index (χ0v) is 9.25. The number of nitrogens with one attached hydrogen (secondary N) is 2. The van der Waals surface area contributed by atoms with Crippen molar-refractivity contribution in [1.29, 1.82) is 0 Å². The maximum absolute atomic E-state index is 11.4. The molecule has 2 amide bonds. The van der Waals surface area contributed by atoms with Crippen molar-refractivity contribution >= 4 is 6.03 Å². The highest BCUT2D eigenvalue weighted by Gasteiger charge is 2.09. The number of amides is 2. The van der Waals surface area contributed by atoms with Gasteiger partial charge in [0.15, 0.2) is 0 Å². The third-order valence-corrected chi connectivity index (χ3v) is 2.70. The minimum atomic E-state index is -0.227. The Labute approximate surface area is 90.7 Å². The smallest absolute Gasteiger partial charge is 0.319 e. The van der Waals surface area contributed by atoms with Gasteiger partial charge in [0.05, 0.1) is 12.6 Å². The quantitative estimate of drug-likeness (QED) is 0.661. The number of hydrogen-bond donors (Lipinski definition) is 3. The summed E-state index contributed by atoms with van der Waals surface area (Å²) in [7, 11) is 0. The SMILES string of the molecule is CCC(CO)NC(=O)NC=C1CCCC1. The van der Waals surface area contributed by atoms with Crippen LogP contribution in [0.25, 0.3) is 0 Å². The van der Waals surface area contributed by atoms with Crippen LogP contribution < -0.4 is 10.6 Å². The van der Waals surface area contributed by atoms with Crippen LogP contribution in [0.1, 0.15) is 39.0 Å². The molecule has 0 saturated heterocycles. The first-order chi connectivity index (χ1) is 7.26. The Morgan fingerprint density at radius 2 is 2.20 bits per heavy atom. The maximum atomic E-state index is 11.4. The van der Waals surface area contributed by atoms with Crippen molar-refractivity contribution in [3.8, 4) is 0 Å². The van der Waals surface area contributed by atoms with E-state index in [1.165, 1.54) is 18.4 Å². The van der Waals surface area contributed by atoms with Crippen molar-refractivity contribution in [3.05, 3.63) is 11.8 Å². The fraction of sp³-hybridized carbons (Fsp3) is 0.727. The van der Waals surface area contributed by atoms with E-state index in [4.69, 9.17) is 5.11 Å². The summed E-state index contributed by atoms with van der Waals surface area (Å²) in [6.45, 7) is 1.91. The molecule has 0 aromatic heterocycles. The highest BCUT2D eigenvalue weighted by atomic mass is 16.3. The average Bonchev–Trinajstić information content (AvgIpc) is 2.75. The summed E-state index contributed by atoms with van der Waals surface area (Å²) >= 11 is 0. The van der Waals surface area contributed by atoms with Crippen LogP contribution in [0.4, 0.5) is 4.79 Å². The van der Waals surface area contributed by atoms with Gasteiger partial charge < -0.3 is 15.7 Å². The first-order valence-electron chi connectivity index (χ1n) is 5.62. The molecule has 0 aromatic rings. The van der Waals surface area contributed by atoms with Crippen LogP contribution >= 0.6 is 0 Å². The Morgan fingerprint density at radius 3 is 2.73 bits per heavy atom. The molecule has 15 heavy (non-hydrogen) atoms. The van der Waals surface area contributed by atoms with Gasteiger partial charge in [-0.05, 0) is 32.1 Å². The van der Waals surface area contributed by atoms with Gasteiger partial charge in [-0.3, -0.25) is 0 Å². The summed E-state index contributed by atoms with van der Waals surface area (Å²) in [6, 6.07) is -0.373. The van der Waals surface area contributed by atoms with E-state index in [0.717, 1.165) is 19.3 Å². The van der Waals surface area contributed by atoms with Crippen molar-refractivity contribution in [2.24, 2.45) is 0 Å². The minimum Gasteiger partial charge on any atom is -0.394 e. The lowest BCUT2D eigenvalue weighted by Gasteiger charge is -2.13. The molecule has 1 unspecified atom stereocenters. The van der Waals surface area contributed by atoms with Gasteiger partial charge >= 0.3 is 6.03 Å². The van der Waals surface area contributed by atoms with Crippen molar-refractivity contribution in [1.82, 2.24) is 10.6 Å². The molecule has 3 N–H and O–H groups in total. The third kappa shape index (κ3) is 4.34. The lowest BCUT2D eigenvalue weighted by Crippen LogP contribution is -2.41. The predicted octanol–water partition coefficient (Wildman–Crippen LogP) is 1.51. The Bertz CT molecular complexity index is 227. The molecular formula is C11H20N2O2. The van der Waals surface area contributed by atoms with Gasteiger partial charge in [-0.2, -0.15) is 0 Å². The number of carbonyl (C=O) groups excluding carboxylic acids is 1. The van der Waals surface area contributed by atoms with Gasteiger partial charge in [-0.1, -0.05) is 12.5 Å². The predicted molar refractivity (Wildman–Crippen MR) is 59.4 cm³/mol. The minimum absolute atomic E-state index is 0.0134. The molecule has 0 heterocycles. The topological polar surface area (TPSA) is 61.4 Å². The molecule has 4 heteroatoms. The maximum Gasteiger partial charge on any atom is 0.319 e. The zero-order valence-electron chi connectivity index (χ0n) is 9.25. The monoisotopic (exact) mass is 212 g/mol. The molecule has 1 atom stereocenters. The first kappa shape index (κ1) is 12.0. The van der Waals surface area contributed by atoms with E-state index in [0.29, 0.717) is 0 Å². The molecular weight excluding hydrogens is 192 g/mol. The van der Waals surface area contributed by atoms with Gasteiger partial charge in [-0.25, -0.2) is 4.79 Å². The Hall–Kier alpha value is -1.03. The van der Waals surface area contributed by atoms with Crippen LogP contribution in [0.5, 0.6) is 0 Å². The number of rotatable bonds is 4. The molecule has 1 saturated carbocycles. The molecule has 1 aliphatic rings. The van der Waals surface area contributed by atoms with E-state index < -0.39 is 0 Å². The second-order valence-electron chi connectivity index (χ2n) is 3.92. The summed E-state index contributed by atoms with van der Waals surface area (Å²) < 4.78 is 0. The molecule has 4 nitrogen and oxygen atoms in total. The number of aliphatic hydroxyl groups excluding tert-OH is 1. The van der Waals surface area contributed by atoms with Crippen molar-refractivity contribution < 1.29 is 9.90 Å². The second-order valence-corrected chi connectivity index (χ2v) is 3.92. The van der Waals surface area contributed by atoms with Crippen LogP contribution in [0.15, 0.2) is 11.8 Å². The number of carbonyl (C=O) groups is 1. The molecule has 0 spiro atoms. The first-order valence-corrected chi connectivity index (χ1v) is 5.62. The fourth-order valence-corrected chi connectivity index (χ4v) is 1.64. The number of aliphatic hydroxyl groups is 1. The second kappa shape index (κ2) is 6.45. The summed E-state index contributed by atoms with van der Waals surface area (Å²) in [5.74, 6) is 0. The van der Waals surface area contributed by atoms with E-state index in [9.17, 15) is 4.79 Å². The van der Waals surface area contributed by atoms with E-state index in [2.05, 4.69) is 10.6 Å². The number of urea groups is 1. The number of hydrogen-bond acceptors (Lipinski definition) is 2. The van der Waals surface area contributed by atoms with Crippen LogP contribution in [-0.4, -0.2) is 23.8 Å². The van der Waals surface area contributed by atoms with Gasteiger partial charge in [0.2, 0.25) is 0 Å². The Kier molecular flexibility index (Phi) is 5.18. The summed E-state index contributed by atoms with van der Waals surface area (Å²) in [5, 5.41) is 14.3. The summed E-state index contributed by atoms with van der Waals surface area (Å²) in [4.78, 5) is 11.4. The van der Waals surface area contributed by atoms with Gasteiger partial charge in [0, 0.05) is 6.20 Å². The van der Waals surface area contributed by atoms with Crippen LogP contribution in [-0.2, 0) is 0 Å². The largest absolute Gasteiger partial charge is 0.394 e. The van der Waals surface area contributed by atoms with E-state index in [1.54, 1.807) is 6.20 Å². The van der Waals surface area contributed by atoms with Gasteiger partial charge in [0.25, 0.3) is 0 Å². The van der Waals surface area contributed by atoms with Crippen LogP contribution in [0, 0.1) is 0 Å². The molecule has 1 rings (SSSR count). The average molecular weight is 212 g/mol. The lowest BCUT2D eigenvalue weighted by molar-refractivity contribution is 0.217. The zero-order chi connectivity index (χ0) is 11.1. The Balaban J connectivity index is 2.26. The summed E-state index contributed by atoms with van der Waals surface area (Å²) in [5.41, 5.74) is 1.31.